The molecule has 27 heavy (non-hydrogen) atoms. The third kappa shape index (κ3) is 4.60. The Morgan fingerprint density at radius 1 is 1.22 bits per heavy atom. The maximum Gasteiger partial charge on any atom is 0.260 e. The lowest BCUT2D eigenvalue weighted by molar-refractivity contribution is 0.102. The van der Waals surface area contributed by atoms with Crippen molar-refractivity contribution >= 4 is 23.9 Å². The Morgan fingerprint density at radius 3 is 2.74 bits per heavy atom. The van der Waals surface area contributed by atoms with Crippen molar-refractivity contribution < 1.29 is 15.3 Å². The molecule has 138 valence electrons. The molecule has 1 amide bonds. The van der Waals surface area contributed by atoms with Crippen LogP contribution in [-0.2, 0) is 0 Å². The van der Waals surface area contributed by atoms with E-state index in [0.29, 0.717) is 5.82 Å². The number of halogens is 1. The Kier molecular flexibility index (Phi) is 5.31. The third-order valence-corrected chi connectivity index (χ3v) is 3.35. The van der Waals surface area contributed by atoms with E-state index in [0.717, 1.165) is 24.2 Å². The van der Waals surface area contributed by atoms with Gasteiger partial charge in [0, 0.05) is 13.7 Å². The number of aliphatic imine (C=N–C) groups is 1. The molecule has 0 saturated heterocycles. The summed E-state index contributed by atoms with van der Waals surface area (Å²) in [5.74, 6) is -0.199. The fraction of sp³-hybridized carbons (Fsp3) is 0.0556. The number of carbonyl (C=O) groups excluding carboxylic acids is 1. The second-order valence-corrected chi connectivity index (χ2v) is 5.44. The minimum Gasteiger partial charge on any atom is -0.454 e. The number of nitrogens with two attached hydrogens (primary N) is 1. The SMILES string of the molecule is Cc1ccc(NC(=O)c2cc(Oc3cncc(F)c3)cnc2/N=C\N)nc1.[HH]. The van der Waals surface area contributed by atoms with Crippen LogP contribution < -0.4 is 15.8 Å². The van der Waals surface area contributed by atoms with Crippen LogP contribution in [0.25, 0.3) is 0 Å². The van der Waals surface area contributed by atoms with E-state index in [-0.39, 0.29) is 24.3 Å². The molecule has 0 spiro atoms. The summed E-state index contributed by atoms with van der Waals surface area (Å²) in [6, 6.07) is 6.07. The van der Waals surface area contributed by atoms with E-state index in [4.69, 9.17) is 10.5 Å². The van der Waals surface area contributed by atoms with Crippen LogP contribution in [0, 0.1) is 12.7 Å². The van der Waals surface area contributed by atoms with Gasteiger partial charge >= 0.3 is 0 Å². The van der Waals surface area contributed by atoms with Crippen LogP contribution in [0.3, 0.4) is 0 Å². The number of nitrogens with zero attached hydrogens (tertiary/aromatic N) is 4. The zero-order valence-corrected chi connectivity index (χ0v) is 14.3. The van der Waals surface area contributed by atoms with E-state index in [9.17, 15) is 9.18 Å². The Bertz CT molecular complexity index is 998. The van der Waals surface area contributed by atoms with Crippen molar-refractivity contribution in [2.45, 2.75) is 6.92 Å². The Morgan fingerprint density at radius 2 is 2.04 bits per heavy atom. The summed E-state index contributed by atoms with van der Waals surface area (Å²) in [5.41, 5.74) is 6.39. The van der Waals surface area contributed by atoms with Crippen LogP contribution in [0.1, 0.15) is 17.3 Å². The molecule has 0 aliphatic rings. The lowest BCUT2D eigenvalue weighted by Gasteiger charge is -2.10. The van der Waals surface area contributed by atoms with Gasteiger partial charge in [-0.2, -0.15) is 0 Å². The molecule has 3 aromatic rings. The first kappa shape index (κ1) is 17.9. The van der Waals surface area contributed by atoms with Gasteiger partial charge in [-0.1, -0.05) is 6.07 Å². The van der Waals surface area contributed by atoms with Crippen molar-refractivity contribution in [3.63, 3.8) is 0 Å². The van der Waals surface area contributed by atoms with E-state index >= 15 is 0 Å². The maximum absolute atomic E-state index is 13.3. The van der Waals surface area contributed by atoms with Gasteiger partial charge in [0.05, 0.1) is 30.5 Å². The number of amides is 1. The predicted molar refractivity (Wildman–Crippen MR) is 99.9 cm³/mol. The lowest BCUT2D eigenvalue weighted by atomic mass is 10.2. The summed E-state index contributed by atoms with van der Waals surface area (Å²) in [6.45, 7) is 1.89. The number of rotatable bonds is 5. The number of ether oxygens (including phenoxy) is 1. The molecule has 0 fully saturated rings. The van der Waals surface area contributed by atoms with Crippen molar-refractivity contribution in [1.29, 1.82) is 0 Å². The van der Waals surface area contributed by atoms with Gasteiger partial charge in [0.15, 0.2) is 5.82 Å². The number of pyridine rings is 3. The minimum atomic E-state index is -0.548. The third-order valence-electron chi connectivity index (χ3n) is 3.35. The molecule has 0 aliphatic heterocycles. The van der Waals surface area contributed by atoms with Crippen LogP contribution in [0.5, 0.6) is 11.5 Å². The van der Waals surface area contributed by atoms with Crippen molar-refractivity contribution in [3.8, 4) is 11.5 Å². The standard InChI is InChI=1S/C18H15FN6O2.H2/c1-11-2-3-16(22-6-11)25-18(26)15-5-14(9-23-17(15)24-10-20)27-13-4-12(19)7-21-8-13;/h2-10H,1H3,(H2,20,23,24)(H,22,25,26);1H. The molecule has 0 atom stereocenters. The highest BCUT2D eigenvalue weighted by Crippen LogP contribution is 2.26. The summed E-state index contributed by atoms with van der Waals surface area (Å²) >= 11 is 0. The van der Waals surface area contributed by atoms with Crippen molar-refractivity contribution in [3.05, 3.63) is 66.0 Å². The number of aryl methyl sites for hydroxylation is 1. The molecule has 0 aliphatic carbocycles. The Hall–Kier alpha value is -3.88. The average Bonchev–Trinajstić information content (AvgIpc) is 2.65. The molecule has 9 heteroatoms. The molecule has 3 N–H and O–H groups in total. The molecule has 0 aromatic carbocycles. The molecular weight excluding hydrogens is 351 g/mol. The number of hydrogen-bond donors (Lipinski definition) is 2. The summed E-state index contributed by atoms with van der Waals surface area (Å²) in [6.07, 6.45) is 6.39. The molecule has 3 heterocycles. The fourth-order valence-corrected chi connectivity index (χ4v) is 2.14. The average molecular weight is 368 g/mol. The molecule has 8 nitrogen and oxygen atoms in total. The highest BCUT2D eigenvalue weighted by atomic mass is 19.1. The van der Waals surface area contributed by atoms with Gasteiger partial charge in [0.25, 0.3) is 5.91 Å². The second kappa shape index (κ2) is 8.00. The summed E-state index contributed by atoms with van der Waals surface area (Å²) < 4.78 is 18.8. The van der Waals surface area contributed by atoms with Gasteiger partial charge in [0.2, 0.25) is 0 Å². The van der Waals surface area contributed by atoms with Gasteiger partial charge < -0.3 is 15.8 Å². The molecular formula is C18H17FN6O2. The van der Waals surface area contributed by atoms with Gasteiger partial charge in [-0.15, -0.1) is 0 Å². The van der Waals surface area contributed by atoms with Crippen molar-refractivity contribution in [2.24, 2.45) is 10.7 Å². The van der Waals surface area contributed by atoms with Crippen LogP contribution >= 0.6 is 0 Å². The molecule has 0 unspecified atom stereocenters. The number of hydrogen-bond acceptors (Lipinski definition) is 6. The van der Waals surface area contributed by atoms with E-state index in [1.807, 2.05) is 13.0 Å². The zero-order chi connectivity index (χ0) is 19.2. The summed E-state index contributed by atoms with van der Waals surface area (Å²) in [4.78, 5) is 28.4. The highest BCUT2D eigenvalue weighted by molar-refractivity contribution is 6.07. The Labute approximate surface area is 155 Å². The largest absolute Gasteiger partial charge is 0.454 e. The van der Waals surface area contributed by atoms with E-state index in [1.165, 1.54) is 18.5 Å². The van der Waals surface area contributed by atoms with E-state index in [1.54, 1.807) is 12.3 Å². The number of aromatic nitrogens is 3. The predicted octanol–water partition coefficient (Wildman–Crippen LogP) is 3.23. The zero-order valence-electron chi connectivity index (χ0n) is 14.3. The first-order valence-electron chi connectivity index (χ1n) is 7.82. The first-order chi connectivity index (χ1) is 13.0. The minimum absolute atomic E-state index is 0. The quantitative estimate of drug-likeness (QED) is 0.528. The Balaban J connectivity index is 0.00000280. The monoisotopic (exact) mass is 368 g/mol. The van der Waals surface area contributed by atoms with Crippen LogP contribution in [0.2, 0.25) is 0 Å². The van der Waals surface area contributed by atoms with E-state index in [2.05, 4.69) is 25.3 Å². The molecule has 0 bridgehead atoms. The van der Waals surface area contributed by atoms with Crippen molar-refractivity contribution in [2.75, 3.05) is 5.32 Å². The fourth-order valence-electron chi connectivity index (χ4n) is 2.14. The van der Waals surface area contributed by atoms with Crippen LogP contribution in [0.4, 0.5) is 16.0 Å². The first-order valence-corrected chi connectivity index (χ1v) is 7.82. The smallest absolute Gasteiger partial charge is 0.260 e. The van der Waals surface area contributed by atoms with Gasteiger partial charge in [-0.3, -0.25) is 9.78 Å². The van der Waals surface area contributed by atoms with Crippen LogP contribution in [-0.4, -0.2) is 27.2 Å². The van der Waals surface area contributed by atoms with Gasteiger partial charge in [0.1, 0.15) is 23.1 Å². The lowest BCUT2D eigenvalue weighted by Crippen LogP contribution is -2.14. The van der Waals surface area contributed by atoms with Gasteiger partial charge in [-0.25, -0.2) is 19.4 Å². The number of nitrogens with one attached hydrogen (secondary N) is 1. The van der Waals surface area contributed by atoms with Crippen LogP contribution in [0.15, 0.2) is 54.0 Å². The summed E-state index contributed by atoms with van der Waals surface area (Å²) in [5, 5.41) is 2.65. The summed E-state index contributed by atoms with van der Waals surface area (Å²) in [7, 11) is 0. The molecule has 0 radical (unpaired) electrons. The number of carbonyl (C=O) groups is 1. The molecule has 3 rings (SSSR count). The topological polar surface area (TPSA) is 115 Å². The van der Waals surface area contributed by atoms with Crippen molar-refractivity contribution in [1.82, 2.24) is 15.0 Å². The highest BCUT2D eigenvalue weighted by Gasteiger charge is 2.15. The van der Waals surface area contributed by atoms with Gasteiger partial charge in [-0.05, 0) is 24.6 Å². The normalized spacial score (nSPS) is 10.7. The molecule has 3 aromatic heterocycles. The maximum atomic E-state index is 13.3. The second-order valence-electron chi connectivity index (χ2n) is 5.44. The molecule has 0 saturated carbocycles. The van der Waals surface area contributed by atoms with E-state index < -0.39 is 11.7 Å². The number of anilines is 1.